The molecule has 0 spiro atoms. The zero-order valence-corrected chi connectivity index (χ0v) is 17.6. The zero-order valence-electron chi connectivity index (χ0n) is 17.6. The summed E-state index contributed by atoms with van der Waals surface area (Å²) in [6.07, 6.45) is 4.37. The molecule has 0 saturated carbocycles. The molecule has 1 saturated heterocycles. The number of methoxy groups -OCH3 is 1. The summed E-state index contributed by atoms with van der Waals surface area (Å²) in [6.45, 7) is 6.39. The van der Waals surface area contributed by atoms with Crippen molar-refractivity contribution < 1.29 is 4.74 Å². The molecule has 4 aromatic rings. The summed E-state index contributed by atoms with van der Waals surface area (Å²) in [5.41, 5.74) is 7.75. The summed E-state index contributed by atoms with van der Waals surface area (Å²) in [5, 5.41) is 7.65. The molecule has 0 radical (unpaired) electrons. The minimum absolute atomic E-state index is 0.730. The van der Waals surface area contributed by atoms with Gasteiger partial charge in [0.05, 0.1) is 12.6 Å². The number of pyridine rings is 2. The van der Waals surface area contributed by atoms with Crippen molar-refractivity contribution in [2.45, 2.75) is 26.7 Å². The van der Waals surface area contributed by atoms with Crippen LogP contribution in [0.5, 0.6) is 5.75 Å². The van der Waals surface area contributed by atoms with E-state index < -0.39 is 0 Å². The van der Waals surface area contributed by atoms with E-state index in [4.69, 9.17) is 9.72 Å². The highest BCUT2D eigenvalue weighted by Gasteiger charge is 2.18. The van der Waals surface area contributed by atoms with Crippen molar-refractivity contribution in [1.29, 1.82) is 0 Å². The van der Waals surface area contributed by atoms with Gasteiger partial charge in [-0.2, -0.15) is 5.10 Å². The minimum atomic E-state index is 0.730. The Kier molecular flexibility index (Phi) is 4.62. The van der Waals surface area contributed by atoms with Crippen LogP contribution in [0.3, 0.4) is 0 Å². The number of nitrogens with one attached hydrogen (secondary N) is 1. The van der Waals surface area contributed by atoms with Crippen LogP contribution in [0.1, 0.15) is 24.0 Å². The number of aromatic nitrogens is 4. The summed E-state index contributed by atoms with van der Waals surface area (Å²) in [5.74, 6) is 1.76. The summed E-state index contributed by atoms with van der Waals surface area (Å²) < 4.78 is 5.66. The molecule has 0 unspecified atom stereocenters. The van der Waals surface area contributed by atoms with Crippen LogP contribution in [0.4, 0.5) is 5.82 Å². The van der Waals surface area contributed by atoms with Crippen LogP contribution in [0.15, 0.2) is 42.6 Å². The van der Waals surface area contributed by atoms with Gasteiger partial charge in [-0.25, -0.2) is 9.97 Å². The van der Waals surface area contributed by atoms with Gasteiger partial charge in [0.15, 0.2) is 0 Å². The number of anilines is 1. The van der Waals surface area contributed by atoms with Crippen molar-refractivity contribution in [2.24, 2.45) is 0 Å². The zero-order chi connectivity index (χ0) is 20.7. The Balaban J connectivity index is 1.61. The number of fused-ring (bicyclic) bond motifs is 1. The molecule has 1 aliphatic heterocycles. The second kappa shape index (κ2) is 7.44. The third-order valence-corrected chi connectivity index (χ3v) is 6.03. The van der Waals surface area contributed by atoms with Crippen LogP contribution in [-0.4, -0.2) is 40.4 Å². The third kappa shape index (κ3) is 3.09. The van der Waals surface area contributed by atoms with E-state index in [1.165, 1.54) is 24.0 Å². The molecular formula is C24H25N5O. The standard InChI is InChI=1S/C24H25N5O/c1-15-7-6-8-18(16(15)2)23-20(30-3)13-19-24(26-23)22(28-27-19)17-9-10-21(25-14-17)29-11-4-5-12-29/h6-10,13-14H,4-5,11-12H2,1-3H3,(H,27,28). The Labute approximate surface area is 175 Å². The molecule has 152 valence electrons. The average Bonchev–Trinajstić information content (AvgIpc) is 3.45. The monoisotopic (exact) mass is 399 g/mol. The highest BCUT2D eigenvalue weighted by molar-refractivity contribution is 5.93. The number of ether oxygens (including phenoxy) is 1. The highest BCUT2D eigenvalue weighted by Crippen LogP contribution is 2.36. The number of aromatic amines is 1. The average molecular weight is 399 g/mol. The maximum absolute atomic E-state index is 5.66. The van der Waals surface area contributed by atoms with Crippen molar-refractivity contribution in [1.82, 2.24) is 20.2 Å². The molecule has 6 nitrogen and oxygen atoms in total. The molecule has 3 aromatic heterocycles. The molecule has 1 aliphatic rings. The van der Waals surface area contributed by atoms with Gasteiger partial charge in [-0.1, -0.05) is 18.2 Å². The predicted molar refractivity (Wildman–Crippen MR) is 120 cm³/mol. The van der Waals surface area contributed by atoms with Gasteiger partial charge in [-0.15, -0.1) is 0 Å². The van der Waals surface area contributed by atoms with E-state index in [0.29, 0.717) is 0 Å². The number of benzene rings is 1. The Morgan fingerprint density at radius 3 is 2.60 bits per heavy atom. The molecule has 1 aromatic carbocycles. The lowest BCUT2D eigenvalue weighted by atomic mass is 9.99. The van der Waals surface area contributed by atoms with Crippen molar-refractivity contribution >= 4 is 16.9 Å². The van der Waals surface area contributed by atoms with E-state index in [9.17, 15) is 0 Å². The lowest BCUT2D eigenvalue weighted by molar-refractivity contribution is 0.415. The normalized spacial score (nSPS) is 13.9. The molecule has 0 atom stereocenters. The van der Waals surface area contributed by atoms with E-state index in [1.54, 1.807) is 7.11 Å². The fourth-order valence-corrected chi connectivity index (χ4v) is 4.15. The molecule has 5 rings (SSSR count). The number of nitrogens with zero attached hydrogens (tertiary/aromatic N) is 4. The van der Waals surface area contributed by atoms with Gasteiger partial charge in [0.2, 0.25) is 0 Å². The molecule has 1 fully saturated rings. The van der Waals surface area contributed by atoms with Gasteiger partial charge in [-0.05, 0) is 49.9 Å². The van der Waals surface area contributed by atoms with Crippen molar-refractivity contribution in [3.05, 3.63) is 53.7 Å². The second-order valence-corrected chi connectivity index (χ2v) is 7.85. The van der Waals surface area contributed by atoms with Gasteiger partial charge >= 0.3 is 0 Å². The quantitative estimate of drug-likeness (QED) is 0.528. The van der Waals surface area contributed by atoms with Gasteiger partial charge in [0, 0.05) is 36.5 Å². The van der Waals surface area contributed by atoms with Gasteiger partial charge in [0.25, 0.3) is 0 Å². The lowest BCUT2D eigenvalue weighted by Gasteiger charge is -2.16. The topological polar surface area (TPSA) is 66.9 Å². The van der Waals surface area contributed by atoms with Gasteiger partial charge < -0.3 is 9.64 Å². The smallest absolute Gasteiger partial charge is 0.147 e. The first-order chi connectivity index (χ1) is 14.7. The van der Waals surface area contributed by atoms with Crippen LogP contribution in [0.25, 0.3) is 33.5 Å². The first-order valence-corrected chi connectivity index (χ1v) is 10.4. The maximum Gasteiger partial charge on any atom is 0.147 e. The highest BCUT2D eigenvalue weighted by atomic mass is 16.5. The minimum Gasteiger partial charge on any atom is -0.494 e. The second-order valence-electron chi connectivity index (χ2n) is 7.85. The Hall–Kier alpha value is -3.41. The Bertz CT molecular complexity index is 1210. The molecule has 6 heteroatoms. The number of aryl methyl sites for hydroxylation is 1. The van der Waals surface area contributed by atoms with Crippen LogP contribution in [-0.2, 0) is 0 Å². The molecular weight excluding hydrogens is 374 g/mol. The number of hydrogen-bond donors (Lipinski definition) is 1. The van der Waals surface area contributed by atoms with Crippen LogP contribution in [0.2, 0.25) is 0 Å². The van der Waals surface area contributed by atoms with E-state index >= 15 is 0 Å². The van der Waals surface area contributed by atoms with Crippen molar-refractivity contribution in [3.8, 4) is 28.3 Å². The van der Waals surface area contributed by atoms with Crippen LogP contribution >= 0.6 is 0 Å². The molecule has 1 N–H and O–H groups in total. The van der Waals surface area contributed by atoms with E-state index in [0.717, 1.165) is 58.2 Å². The van der Waals surface area contributed by atoms with E-state index in [-0.39, 0.29) is 0 Å². The Morgan fingerprint density at radius 2 is 1.87 bits per heavy atom. The van der Waals surface area contributed by atoms with Crippen molar-refractivity contribution in [3.63, 3.8) is 0 Å². The molecule has 0 amide bonds. The number of hydrogen-bond acceptors (Lipinski definition) is 5. The fraction of sp³-hybridized carbons (Fsp3) is 0.292. The predicted octanol–water partition coefficient (Wildman–Crippen LogP) is 4.91. The molecule has 4 heterocycles. The van der Waals surface area contributed by atoms with E-state index in [2.05, 4.69) is 64.3 Å². The van der Waals surface area contributed by atoms with E-state index in [1.807, 2.05) is 12.3 Å². The summed E-state index contributed by atoms with van der Waals surface area (Å²) in [4.78, 5) is 12.0. The summed E-state index contributed by atoms with van der Waals surface area (Å²) >= 11 is 0. The molecule has 0 aliphatic carbocycles. The lowest BCUT2D eigenvalue weighted by Crippen LogP contribution is -2.18. The molecule has 30 heavy (non-hydrogen) atoms. The third-order valence-electron chi connectivity index (χ3n) is 6.03. The van der Waals surface area contributed by atoms with Crippen molar-refractivity contribution in [2.75, 3.05) is 25.1 Å². The fourth-order valence-electron chi connectivity index (χ4n) is 4.15. The van der Waals surface area contributed by atoms with Gasteiger partial charge in [-0.3, -0.25) is 5.10 Å². The largest absolute Gasteiger partial charge is 0.494 e. The molecule has 0 bridgehead atoms. The van der Waals surface area contributed by atoms with Crippen LogP contribution < -0.4 is 9.64 Å². The van der Waals surface area contributed by atoms with Gasteiger partial charge in [0.1, 0.15) is 28.5 Å². The Morgan fingerprint density at radius 1 is 1.03 bits per heavy atom. The SMILES string of the molecule is COc1cc2[nH]nc(-c3ccc(N4CCCC4)nc3)c2nc1-c1cccc(C)c1C. The number of H-pyrrole nitrogens is 1. The summed E-state index contributed by atoms with van der Waals surface area (Å²) in [6, 6.07) is 12.4. The maximum atomic E-state index is 5.66. The summed E-state index contributed by atoms with van der Waals surface area (Å²) in [7, 11) is 1.68. The first kappa shape index (κ1) is 18.6. The first-order valence-electron chi connectivity index (χ1n) is 10.4. The number of rotatable bonds is 4. The van der Waals surface area contributed by atoms with Crippen LogP contribution in [0, 0.1) is 13.8 Å².